The number of alkyl halides is 4. The Labute approximate surface area is 131 Å². The van der Waals surface area contributed by atoms with Crippen LogP contribution in [-0.2, 0) is 7.05 Å². The lowest BCUT2D eigenvalue weighted by atomic mass is 10.1. The monoisotopic (exact) mass is 379 g/mol. The van der Waals surface area contributed by atoms with Crippen LogP contribution >= 0.6 is 15.9 Å². The summed E-state index contributed by atoms with van der Waals surface area (Å²) in [5, 5.41) is 0. The summed E-state index contributed by atoms with van der Waals surface area (Å²) in [7, 11) is 1.43. The Morgan fingerprint density at radius 1 is 1.14 bits per heavy atom. The van der Waals surface area contributed by atoms with Crippen molar-refractivity contribution in [1.29, 1.82) is 0 Å². The molecule has 0 unspecified atom stereocenters. The minimum atomic E-state index is -2.97. The summed E-state index contributed by atoms with van der Waals surface area (Å²) in [5.74, 6) is -0.621. The van der Waals surface area contributed by atoms with E-state index in [2.05, 4.69) is 15.9 Å². The Morgan fingerprint density at radius 2 is 1.68 bits per heavy atom. The number of benzene rings is 1. The van der Waals surface area contributed by atoms with Crippen molar-refractivity contribution in [2.45, 2.75) is 12.9 Å². The SMILES string of the molecule is Cn1cc(Oc2c(C(F)F)cccc2C(F)F)c(Br)cc1=O. The Hall–Kier alpha value is -1.83. The fraction of sp³-hybridized carbons (Fsp3) is 0.214. The van der Waals surface area contributed by atoms with Crippen molar-refractivity contribution in [2.75, 3.05) is 0 Å². The van der Waals surface area contributed by atoms with E-state index in [4.69, 9.17) is 4.74 Å². The van der Waals surface area contributed by atoms with Crippen LogP contribution in [0, 0.1) is 0 Å². The van der Waals surface area contributed by atoms with Crippen LogP contribution < -0.4 is 10.3 Å². The van der Waals surface area contributed by atoms with Gasteiger partial charge in [-0.25, -0.2) is 17.6 Å². The molecular weight excluding hydrogens is 370 g/mol. The Balaban J connectivity index is 2.57. The van der Waals surface area contributed by atoms with Gasteiger partial charge in [0.05, 0.1) is 21.8 Å². The molecule has 0 aliphatic heterocycles. The van der Waals surface area contributed by atoms with E-state index in [1.807, 2.05) is 0 Å². The summed E-state index contributed by atoms with van der Waals surface area (Å²) < 4.78 is 58.7. The van der Waals surface area contributed by atoms with Crippen molar-refractivity contribution in [1.82, 2.24) is 4.57 Å². The minimum Gasteiger partial charge on any atom is -0.454 e. The first-order valence-corrected chi connectivity index (χ1v) is 6.83. The highest BCUT2D eigenvalue weighted by atomic mass is 79.9. The van der Waals surface area contributed by atoms with Gasteiger partial charge in [-0.3, -0.25) is 4.79 Å². The van der Waals surface area contributed by atoms with Crippen LogP contribution in [0.15, 0.2) is 39.7 Å². The van der Waals surface area contributed by atoms with Gasteiger partial charge in [0.25, 0.3) is 18.4 Å². The second-order valence-corrected chi connectivity index (χ2v) is 5.26. The molecule has 0 bridgehead atoms. The molecule has 0 aliphatic carbocycles. The summed E-state index contributed by atoms with van der Waals surface area (Å²) in [6.07, 6.45) is -4.72. The van der Waals surface area contributed by atoms with Crippen LogP contribution in [0.25, 0.3) is 0 Å². The smallest absolute Gasteiger partial charge is 0.267 e. The number of para-hydroxylation sites is 1. The molecule has 1 aromatic heterocycles. The highest BCUT2D eigenvalue weighted by Crippen LogP contribution is 2.40. The maximum absolute atomic E-state index is 13.0. The molecule has 1 aromatic carbocycles. The molecule has 0 N–H and O–H groups in total. The van der Waals surface area contributed by atoms with Crippen LogP contribution in [0.1, 0.15) is 24.0 Å². The number of hydrogen-bond acceptors (Lipinski definition) is 2. The van der Waals surface area contributed by atoms with Gasteiger partial charge >= 0.3 is 0 Å². The molecule has 0 spiro atoms. The molecule has 3 nitrogen and oxygen atoms in total. The van der Waals surface area contributed by atoms with Gasteiger partial charge in [-0.1, -0.05) is 6.07 Å². The topological polar surface area (TPSA) is 31.2 Å². The molecular formula is C14H10BrF4NO2. The number of aryl methyl sites for hydroxylation is 1. The number of nitrogens with zero attached hydrogens (tertiary/aromatic N) is 1. The molecule has 0 radical (unpaired) electrons. The average Bonchev–Trinajstić information content (AvgIpc) is 2.44. The molecule has 0 saturated heterocycles. The van der Waals surface area contributed by atoms with E-state index in [-0.39, 0.29) is 15.8 Å². The molecule has 0 saturated carbocycles. The van der Waals surface area contributed by atoms with Crippen molar-refractivity contribution in [2.24, 2.45) is 7.05 Å². The molecule has 118 valence electrons. The van der Waals surface area contributed by atoms with E-state index >= 15 is 0 Å². The number of aromatic nitrogens is 1. The molecule has 2 rings (SSSR count). The second kappa shape index (κ2) is 6.51. The first-order valence-electron chi connectivity index (χ1n) is 6.04. The van der Waals surface area contributed by atoms with Gasteiger partial charge in [0.2, 0.25) is 0 Å². The van der Waals surface area contributed by atoms with Gasteiger partial charge in [-0.15, -0.1) is 0 Å². The zero-order chi connectivity index (χ0) is 16.4. The molecule has 22 heavy (non-hydrogen) atoms. The third-order valence-corrected chi connectivity index (χ3v) is 3.52. The van der Waals surface area contributed by atoms with Gasteiger partial charge in [0.15, 0.2) is 5.75 Å². The molecule has 0 fully saturated rings. The molecule has 0 aliphatic rings. The number of hydrogen-bond donors (Lipinski definition) is 0. The van der Waals surface area contributed by atoms with Gasteiger partial charge in [0, 0.05) is 13.1 Å². The van der Waals surface area contributed by atoms with E-state index < -0.39 is 29.7 Å². The number of halogens is 5. The van der Waals surface area contributed by atoms with Gasteiger partial charge in [0.1, 0.15) is 5.75 Å². The summed E-state index contributed by atoms with van der Waals surface area (Å²) in [6, 6.07) is 4.30. The van der Waals surface area contributed by atoms with Crippen LogP contribution in [-0.4, -0.2) is 4.57 Å². The Kier molecular flexibility index (Phi) is 4.90. The second-order valence-electron chi connectivity index (χ2n) is 4.40. The Bertz CT molecular complexity index is 720. The van der Waals surface area contributed by atoms with Crippen molar-refractivity contribution in [3.8, 4) is 11.5 Å². The number of ether oxygens (including phenoxy) is 1. The van der Waals surface area contributed by atoms with Crippen LogP contribution in [0.4, 0.5) is 17.6 Å². The maximum Gasteiger partial charge on any atom is 0.267 e. The van der Waals surface area contributed by atoms with Gasteiger partial charge in [-0.2, -0.15) is 0 Å². The highest BCUT2D eigenvalue weighted by molar-refractivity contribution is 9.10. The Morgan fingerprint density at radius 3 is 2.18 bits per heavy atom. The van der Waals surface area contributed by atoms with Gasteiger partial charge < -0.3 is 9.30 Å². The standard InChI is InChI=1S/C14H10BrF4NO2/c1-20-6-10(9(15)5-11(20)21)22-12-7(13(16)17)3-2-4-8(12)14(18)19/h2-6,13-14H,1H3. The predicted molar refractivity (Wildman–Crippen MR) is 75.8 cm³/mol. The predicted octanol–water partition coefficient (Wildman–Crippen LogP) is 4.82. The quantitative estimate of drug-likeness (QED) is 0.713. The first-order chi connectivity index (χ1) is 10.3. The van der Waals surface area contributed by atoms with E-state index in [0.29, 0.717) is 0 Å². The highest BCUT2D eigenvalue weighted by Gasteiger charge is 2.23. The third-order valence-electron chi connectivity index (χ3n) is 2.90. The van der Waals surface area contributed by atoms with Crippen LogP contribution in [0.2, 0.25) is 0 Å². The lowest BCUT2D eigenvalue weighted by Gasteiger charge is -2.16. The molecule has 1 heterocycles. The normalized spacial score (nSPS) is 11.3. The lowest BCUT2D eigenvalue weighted by molar-refractivity contribution is 0.137. The molecule has 0 atom stereocenters. The van der Waals surface area contributed by atoms with Gasteiger partial charge in [-0.05, 0) is 28.1 Å². The zero-order valence-electron chi connectivity index (χ0n) is 11.2. The van der Waals surface area contributed by atoms with E-state index in [1.54, 1.807) is 0 Å². The third kappa shape index (κ3) is 3.32. The van der Waals surface area contributed by atoms with Crippen molar-refractivity contribution < 1.29 is 22.3 Å². The minimum absolute atomic E-state index is 0.0166. The van der Waals surface area contributed by atoms with E-state index in [9.17, 15) is 22.4 Å². The van der Waals surface area contributed by atoms with Crippen molar-refractivity contribution >= 4 is 15.9 Å². The summed E-state index contributed by atoms with van der Waals surface area (Å²) >= 11 is 3.05. The summed E-state index contributed by atoms with van der Waals surface area (Å²) in [4.78, 5) is 11.4. The fourth-order valence-electron chi connectivity index (χ4n) is 1.80. The largest absolute Gasteiger partial charge is 0.454 e. The number of pyridine rings is 1. The van der Waals surface area contributed by atoms with E-state index in [1.165, 1.54) is 13.2 Å². The molecule has 8 heteroatoms. The zero-order valence-corrected chi connectivity index (χ0v) is 12.8. The van der Waals surface area contributed by atoms with Crippen molar-refractivity contribution in [3.05, 3.63) is 56.4 Å². The van der Waals surface area contributed by atoms with Crippen LogP contribution in [0.3, 0.4) is 0 Å². The van der Waals surface area contributed by atoms with Crippen molar-refractivity contribution in [3.63, 3.8) is 0 Å². The lowest BCUT2D eigenvalue weighted by Crippen LogP contribution is -2.15. The summed E-state index contributed by atoms with van der Waals surface area (Å²) in [6.45, 7) is 0. The first kappa shape index (κ1) is 16.5. The maximum atomic E-state index is 13.0. The van der Waals surface area contributed by atoms with Crippen LogP contribution in [0.5, 0.6) is 11.5 Å². The summed E-state index contributed by atoms with van der Waals surface area (Å²) in [5.41, 5.74) is -1.65. The fourth-order valence-corrected chi connectivity index (χ4v) is 2.18. The molecule has 0 amide bonds. The average molecular weight is 380 g/mol. The van der Waals surface area contributed by atoms with E-state index in [0.717, 1.165) is 28.8 Å². The molecule has 2 aromatic rings. The number of rotatable bonds is 4.